The van der Waals surface area contributed by atoms with Crippen LogP contribution in [0, 0.1) is 0 Å². The van der Waals surface area contributed by atoms with Crippen molar-refractivity contribution in [2.75, 3.05) is 13.2 Å². The number of rotatable bonds is 69. The largest absolute Gasteiger partial charge is 0.462 e. The molecule has 0 bridgehead atoms. The van der Waals surface area contributed by atoms with E-state index in [0.717, 1.165) is 57.8 Å². The Hall–Kier alpha value is -1.59. The molecule has 0 aliphatic heterocycles. The van der Waals surface area contributed by atoms with Crippen LogP contribution >= 0.6 is 0 Å². The van der Waals surface area contributed by atoms with Crippen LogP contribution in [0.3, 0.4) is 0 Å². The minimum absolute atomic E-state index is 0.0601. The summed E-state index contributed by atoms with van der Waals surface area (Å²) in [7, 11) is 0. The molecule has 470 valence electrons. The van der Waals surface area contributed by atoms with Crippen LogP contribution < -0.4 is 0 Å². The summed E-state index contributed by atoms with van der Waals surface area (Å²) in [6.07, 6.45) is 81.5. The van der Waals surface area contributed by atoms with Crippen molar-refractivity contribution in [3.8, 4) is 0 Å². The predicted octanol–water partition coefficient (Wildman–Crippen LogP) is 25.0. The minimum atomic E-state index is -0.763. The number of ether oxygens (including phenoxy) is 3. The molecule has 0 aromatic carbocycles. The summed E-state index contributed by atoms with van der Waals surface area (Å²) >= 11 is 0. The highest BCUT2D eigenvalue weighted by molar-refractivity contribution is 5.71. The standard InChI is InChI=1S/C73H142O6/c1-4-7-10-13-16-19-22-25-28-31-32-33-34-35-36-37-38-39-40-41-42-43-46-48-51-54-57-60-63-66-72(75)78-69-70(79-73(76)67-64-61-58-55-52-49-45-30-27-24-21-18-15-12-9-6-3)68-77-71(74)65-62-59-56-53-50-47-44-29-26-23-20-17-14-11-8-5-2/h70H,4-69H2,1-3H3. The van der Waals surface area contributed by atoms with E-state index < -0.39 is 6.10 Å². The Morgan fingerprint density at radius 2 is 0.342 bits per heavy atom. The zero-order valence-corrected chi connectivity index (χ0v) is 54.2. The number of carbonyl (C=O) groups is 3. The quantitative estimate of drug-likeness (QED) is 0.0343. The van der Waals surface area contributed by atoms with Gasteiger partial charge in [-0.2, -0.15) is 0 Å². The van der Waals surface area contributed by atoms with E-state index in [1.54, 1.807) is 0 Å². The highest BCUT2D eigenvalue weighted by Crippen LogP contribution is 2.20. The lowest BCUT2D eigenvalue weighted by Crippen LogP contribution is -2.30. The number of hydrogen-bond acceptors (Lipinski definition) is 6. The van der Waals surface area contributed by atoms with Crippen LogP contribution in [-0.2, 0) is 28.6 Å². The minimum Gasteiger partial charge on any atom is -0.462 e. The fourth-order valence-electron chi connectivity index (χ4n) is 11.6. The average molecular weight is 1120 g/mol. The summed E-state index contributed by atoms with van der Waals surface area (Å²) in [5, 5.41) is 0. The summed E-state index contributed by atoms with van der Waals surface area (Å²) in [4.78, 5) is 38.4. The lowest BCUT2D eigenvalue weighted by molar-refractivity contribution is -0.167. The fourth-order valence-corrected chi connectivity index (χ4v) is 11.6. The first-order valence-electron chi connectivity index (χ1n) is 36.5. The molecule has 0 aromatic rings. The molecule has 0 saturated heterocycles. The Balaban J connectivity index is 4.14. The molecule has 6 nitrogen and oxygen atoms in total. The van der Waals surface area contributed by atoms with Gasteiger partial charge in [0.1, 0.15) is 13.2 Å². The molecule has 0 radical (unpaired) electrons. The maximum Gasteiger partial charge on any atom is 0.306 e. The van der Waals surface area contributed by atoms with Gasteiger partial charge >= 0.3 is 17.9 Å². The van der Waals surface area contributed by atoms with Gasteiger partial charge in [0.15, 0.2) is 6.10 Å². The highest BCUT2D eigenvalue weighted by Gasteiger charge is 2.20. The summed E-state index contributed by atoms with van der Waals surface area (Å²) < 4.78 is 17.0. The molecule has 6 heteroatoms. The average Bonchev–Trinajstić information content (AvgIpc) is 3.45. The Bertz CT molecular complexity index is 1190. The maximum absolute atomic E-state index is 12.9. The van der Waals surface area contributed by atoms with Gasteiger partial charge in [-0.25, -0.2) is 0 Å². The number of esters is 3. The van der Waals surface area contributed by atoms with E-state index in [4.69, 9.17) is 14.2 Å². The van der Waals surface area contributed by atoms with Crippen molar-refractivity contribution in [2.24, 2.45) is 0 Å². The monoisotopic (exact) mass is 1120 g/mol. The summed E-state index contributed by atoms with van der Waals surface area (Å²) in [5.74, 6) is -0.818. The normalized spacial score (nSPS) is 11.9. The van der Waals surface area contributed by atoms with Crippen LogP contribution in [0.15, 0.2) is 0 Å². The van der Waals surface area contributed by atoms with Gasteiger partial charge in [-0.05, 0) is 19.3 Å². The van der Waals surface area contributed by atoms with Crippen molar-refractivity contribution in [3.63, 3.8) is 0 Å². The molecule has 0 heterocycles. The van der Waals surface area contributed by atoms with E-state index in [9.17, 15) is 14.4 Å². The number of carbonyl (C=O) groups excluding carboxylic acids is 3. The second-order valence-electron chi connectivity index (χ2n) is 25.2. The third-order valence-electron chi connectivity index (χ3n) is 17.1. The molecule has 79 heavy (non-hydrogen) atoms. The van der Waals surface area contributed by atoms with Crippen molar-refractivity contribution in [1.82, 2.24) is 0 Å². The molecular weight excluding hydrogens is 973 g/mol. The molecule has 0 amide bonds. The van der Waals surface area contributed by atoms with Crippen LogP contribution in [0.1, 0.15) is 432 Å². The second-order valence-corrected chi connectivity index (χ2v) is 25.2. The molecule has 1 atom stereocenters. The molecule has 0 spiro atoms. The van der Waals surface area contributed by atoms with Crippen LogP contribution in [0.2, 0.25) is 0 Å². The molecule has 0 fully saturated rings. The van der Waals surface area contributed by atoms with Gasteiger partial charge in [-0.1, -0.05) is 393 Å². The summed E-state index contributed by atoms with van der Waals surface area (Å²) in [6.45, 7) is 6.75. The van der Waals surface area contributed by atoms with E-state index in [2.05, 4.69) is 20.8 Å². The maximum atomic E-state index is 12.9. The molecular formula is C73H142O6. The first-order chi connectivity index (χ1) is 39.0. The van der Waals surface area contributed by atoms with Gasteiger partial charge in [0.25, 0.3) is 0 Å². The van der Waals surface area contributed by atoms with Crippen molar-refractivity contribution >= 4 is 17.9 Å². The van der Waals surface area contributed by atoms with Crippen molar-refractivity contribution in [2.45, 2.75) is 438 Å². The molecule has 0 N–H and O–H groups in total. The fraction of sp³-hybridized carbons (Fsp3) is 0.959. The van der Waals surface area contributed by atoms with Crippen molar-refractivity contribution in [1.29, 1.82) is 0 Å². The number of unbranched alkanes of at least 4 members (excludes halogenated alkanes) is 58. The highest BCUT2D eigenvalue weighted by atomic mass is 16.6. The topological polar surface area (TPSA) is 78.9 Å². The molecule has 0 aliphatic rings. The molecule has 1 unspecified atom stereocenters. The third-order valence-corrected chi connectivity index (χ3v) is 17.1. The molecule has 0 aromatic heterocycles. The van der Waals surface area contributed by atoms with E-state index in [1.165, 1.54) is 334 Å². The third kappa shape index (κ3) is 67.1. The Labute approximate surface area is 495 Å². The summed E-state index contributed by atoms with van der Waals surface area (Å²) in [6, 6.07) is 0. The van der Waals surface area contributed by atoms with E-state index in [0.29, 0.717) is 19.3 Å². The van der Waals surface area contributed by atoms with E-state index in [-0.39, 0.29) is 31.1 Å². The number of hydrogen-bond donors (Lipinski definition) is 0. The van der Waals surface area contributed by atoms with Gasteiger partial charge < -0.3 is 14.2 Å². The van der Waals surface area contributed by atoms with Crippen molar-refractivity contribution in [3.05, 3.63) is 0 Å². The van der Waals surface area contributed by atoms with Gasteiger partial charge in [-0.15, -0.1) is 0 Å². The van der Waals surface area contributed by atoms with Crippen molar-refractivity contribution < 1.29 is 28.6 Å². The van der Waals surface area contributed by atoms with E-state index in [1.807, 2.05) is 0 Å². The van der Waals surface area contributed by atoms with Gasteiger partial charge in [-0.3, -0.25) is 14.4 Å². The van der Waals surface area contributed by atoms with Gasteiger partial charge in [0.05, 0.1) is 0 Å². The SMILES string of the molecule is CCCCCCCCCCCCCCCCCCCCCCCCCCCCCCCC(=O)OCC(COC(=O)CCCCCCCCCCCCCCCCCC)OC(=O)CCCCCCCCCCCCCCCCCC. The summed E-state index contributed by atoms with van der Waals surface area (Å²) in [5.41, 5.74) is 0. The second kappa shape index (κ2) is 68.9. The zero-order chi connectivity index (χ0) is 57.1. The lowest BCUT2D eigenvalue weighted by atomic mass is 10.0. The predicted molar refractivity (Wildman–Crippen MR) is 344 cm³/mol. The Morgan fingerprint density at radius 1 is 0.203 bits per heavy atom. The van der Waals surface area contributed by atoms with Gasteiger partial charge in [0.2, 0.25) is 0 Å². The Morgan fingerprint density at radius 3 is 0.506 bits per heavy atom. The smallest absolute Gasteiger partial charge is 0.306 e. The first-order valence-corrected chi connectivity index (χ1v) is 36.5. The molecule has 0 rings (SSSR count). The zero-order valence-electron chi connectivity index (χ0n) is 54.2. The Kier molecular flexibility index (Phi) is 67.5. The van der Waals surface area contributed by atoms with E-state index >= 15 is 0 Å². The van der Waals surface area contributed by atoms with Crippen LogP contribution in [0.25, 0.3) is 0 Å². The van der Waals surface area contributed by atoms with Crippen LogP contribution in [0.5, 0.6) is 0 Å². The lowest BCUT2D eigenvalue weighted by Gasteiger charge is -2.18. The molecule has 0 saturated carbocycles. The first kappa shape index (κ1) is 77.4. The molecule has 0 aliphatic carbocycles. The van der Waals surface area contributed by atoms with Crippen LogP contribution in [0.4, 0.5) is 0 Å². The van der Waals surface area contributed by atoms with Gasteiger partial charge in [0, 0.05) is 19.3 Å². The van der Waals surface area contributed by atoms with Crippen LogP contribution in [-0.4, -0.2) is 37.2 Å².